The average molecular weight is 416 g/mol. The van der Waals surface area contributed by atoms with Gasteiger partial charge in [0.05, 0.1) is 4.90 Å². The quantitative estimate of drug-likeness (QED) is 0.663. The zero-order valence-corrected chi connectivity index (χ0v) is 16.6. The van der Waals surface area contributed by atoms with E-state index in [-0.39, 0.29) is 33.7 Å². The number of anilines is 1. The molecule has 0 fully saturated rings. The van der Waals surface area contributed by atoms with Crippen LogP contribution in [0.3, 0.4) is 0 Å². The molecule has 2 heterocycles. The van der Waals surface area contributed by atoms with Gasteiger partial charge in [0.2, 0.25) is 9.84 Å². The van der Waals surface area contributed by atoms with E-state index in [0.717, 1.165) is 5.69 Å². The Morgan fingerprint density at radius 1 is 1.31 bits per heavy atom. The molecule has 1 aromatic carbocycles. The van der Waals surface area contributed by atoms with Crippen LogP contribution in [0, 0.1) is 6.92 Å². The van der Waals surface area contributed by atoms with Crippen LogP contribution in [-0.2, 0) is 16.3 Å². The van der Waals surface area contributed by atoms with Gasteiger partial charge in [-0.2, -0.15) is 0 Å². The number of nitrogens with one attached hydrogen (secondary N) is 1. The Morgan fingerprint density at radius 2 is 2.04 bits per heavy atom. The van der Waals surface area contributed by atoms with Gasteiger partial charge < -0.3 is 11.1 Å². The summed E-state index contributed by atoms with van der Waals surface area (Å²) in [4.78, 5) is 4.53. The van der Waals surface area contributed by atoms with Gasteiger partial charge in [-0.25, -0.2) is 17.9 Å². The molecule has 0 atom stereocenters. The Bertz CT molecular complexity index is 1050. The van der Waals surface area contributed by atoms with Crippen LogP contribution < -0.4 is 11.1 Å². The lowest BCUT2D eigenvalue weighted by atomic mass is 10.2. The molecule has 0 radical (unpaired) electrons. The van der Waals surface area contributed by atoms with Crippen molar-refractivity contribution in [1.29, 1.82) is 0 Å². The van der Waals surface area contributed by atoms with Crippen molar-refractivity contribution >= 4 is 45.3 Å². The topological polar surface area (TPSA) is 102 Å². The summed E-state index contributed by atoms with van der Waals surface area (Å²) >= 11 is 5.97. The van der Waals surface area contributed by atoms with Crippen molar-refractivity contribution in [1.82, 2.24) is 14.6 Å². The fraction of sp³-hybridized carbons (Fsp3) is 0.250. The standard InChI is InChI=1S/C16H18ClN5O2S.ClH/c1-10-8-12(6-7-18)22-16(20-10)14(15(19-2)21-22)25(23,24)13-5-3-4-11(17)9-13;/h3-5,8-9H,6-7,18H2,1-2H3,(H,19,21);1H. The summed E-state index contributed by atoms with van der Waals surface area (Å²) in [6.07, 6.45) is 0.557. The minimum atomic E-state index is -3.86. The Labute approximate surface area is 162 Å². The van der Waals surface area contributed by atoms with Crippen LogP contribution in [0.1, 0.15) is 11.4 Å². The van der Waals surface area contributed by atoms with Gasteiger partial charge in [-0.1, -0.05) is 17.7 Å². The van der Waals surface area contributed by atoms with Crippen LogP contribution in [-0.4, -0.2) is 36.6 Å². The molecule has 3 N–H and O–H groups in total. The van der Waals surface area contributed by atoms with Gasteiger partial charge >= 0.3 is 0 Å². The summed E-state index contributed by atoms with van der Waals surface area (Å²) in [6.45, 7) is 2.23. The van der Waals surface area contributed by atoms with E-state index in [2.05, 4.69) is 15.4 Å². The molecule has 3 rings (SSSR count). The van der Waals surface area contributed by atoms with Crippen LogP contribution in [0.15, 0.2) is 40.1 Å². The van der Waals surface area contributed by atoms with Gasteiger partial charge in [-0.15, -0.1) is 17.5 Å². The first-order chi connectivity index (χ1) is 11.9. The van der Waals surface area contributed by atoms with Crippen molar-refractivity contribution in [3.05, 3.63) is 46.7 Å². The number of sulfone groups is 1. The van der Waals surface area contributed by atoms with Crippen LogP contribution in [0.5, 0.6) is 0 Å². The Hall–Kier alpha value is -1.87. The number of nitrogens with two attached hydrogens (primary N) is 1. The minimum Gasteiger partial charge on any atom is -0.370 e. The van der Waals surface area contributed by atoms with Crippen LogP contribution in [0.4, 0.5) is 5.82 Å². The van der Waals surface area contributed by atoms with E-state index < -0.39 is 9.84 Å². The molecule has 26 heavy (non-hydrogen) atoms. The van der Waals surface area contributed by atoms with Crippen molar-refractivity contribution < 1.29 is 8.42 Å². The maximum atomic E-state index is 13.2. The molecule has 0 bridgehead atoms. The number of benzene rings is 1. The second-order valence-electron chi connectivity index (χ2n) is 5.55. The van der Waals surface area contributed by atoms with E-state index in [1.165, 1.54) is 16.6 Å². The Balaban J connectivity index is 0.00000243. The molecule has 0 amide bonds. The van der Waals surface area contributed by atoms with Crippen molar-refractivity contribution in [2.24, 2.45) is 5.73 Å². The molecular formula is C16H19Cl2N5O2S. The first-order valence-electron chi connectivity index (χ1n) is 7.66. The fourth-order valence-corrected chi connectivity index (χ4v) is 4.48. The third-order valence-corrected chi connectivity index (χ3v) is 5.78. The van der Waals surface area contributed by atoms with Gasteiger partial charge in [0.25, 0.3) is 0 Å². The average Bonchev–Trinajstić information content (AvgIpc) is 2.94. The molecule has 3 aromatic rings. The highest BCUT2D eigenvalue weighted by Crippen LogP contribution is 2.32. The largest absolute Gasteiger partial charge is 0.370 e. The van der Waals surface area contributed by atoms with E-state index in [1.54, 1.807) is 19.2 Å². The number of hydrogen-bond acceptors (Lipinski definition) is 6. The van der Waals surface area contributed by atoms with E-state index in [1.807, 2.05) is 13.0 Å². The molecule has 2 aromatic heterocycles. The first kappa shape index (κ1) is 20.4. The normalized spacial score (nSPS) is 11.4. The van der Waals surface area contributed by atoms with E-state index in [4.69, 9.17) is 17.3 Å². The summed E-state index contributed by atoms with van der Waals surface area (Å²) < 4.78 is 27.9. The molecule has 0 aliphatic carbocycles. The zero-order valence-electron chi connectivity index (χ0n) is 14.2. The maximum Gasteiger partial charge on any atom is 0.214 e. The molecule has 0 unspecified atom stereocenters. The minimum absolute atomic E-state index is 0. The van der Waals surface area contributed by atoms with Crippen molar-refractivity contribution in [3.63, 3.8) is 0 Å². The molecule has 140 valence electrons. The van der Waals surface area contributed by atoms with Crippen LogP contribution in [0.25, 0.3) is 5.65 Å². The first-order valence-corrected chi connectivity index (χ1v) is 9.52. The van der Waals surface area contributed by atoms with E-state index in [0.29, 0.717) is 23.7 Å². The predicted molar refractivity (Wildman–Crippen MR) is 104 cm³/mol. The zero-order chi connectivity index (χ0) is 18.2. The van der Waals surface area contributed by atoms with Gasteiger partial charge in [0, 0.05) is 29.9 Å². The van der Waals surface area contributed by atoms with Gasteiger partial charge in [0.1, 0.15) is 0 Å². The summed E-state index contributed by atoms with van der Waals surface area (Å²) in [6, 6.07) is 7.98. The predicted octanol–water partition coefficient (Wildman–Crippen LogP) is 2.49. The second kappa shape index (κ2) is 7.79. The molecule has 0 saturated carbocycles. The number of aromatic nitrogens is 3. The smallest absolute Gasteiger partial charge is 0.214 e. The second-order valence-corrected chi connectivity index (χ2v) is 7.87. The van der Waals surface area contributed by atoms with Gasteiger partial charge in [-0.3, -0.25) is 0 Å². The van der Waals surface area contributed by atoms with Crippen LogP contribution in [0.2, 0.25) is 5.02 Å². The molecule has 0 spiro atoms. The molecule has 0 aliphatic heterocycles. The molecular weight excluding hydrogens is 397 g/mol. The van der Waals surface area contributed by atoms with Crippen LogP contribution >= 0.6 is 24.0 Å². The lowest BCUT2D eigenvalue weighted by Crippen LogP contribution is -2.10. The molecule has 0 saturated heterocycles. The number of fused-ring (bicyclic) bond motifs is 1. The number of aryl methyl sites for hydroxylation is 1. The summed E-state index contributed by atoms with van der Waals surface area (Å²) in [7, 11) is -2.24. The highest BCUT2D eigenvalue weighted by molar-refractivity contribution is 7.91. The monoisotopic (exact) mass is 415 g/mol. The van der Waals surface area contributed by atoms with Gasteiger partial charge in [0.15, 0.2) is 16.4 Å². The van der Waals surface area contributed by atoms with Crippen molar-refractivity contribution in [2.45, 2.75) is 23.1 Å². The third kappa shape index (κ3) is 3.50. The number of hydrogen-bond donors (Lipinski definition) is 2. The summed E-state index contributed by atoms with van der Waals surface area (Å²) in [5.41, 5.74) is 7.43. The molecule has 0 aliphatic rings. The van der Waals surface area contributed by atoms with E-state index >= 15 is 0 Å². The number of nitrogens with zero attached hydrogens (tertiary/aromatic N) is 3. The Morgan fingerprint density at radius 3 is 2.65 bits per heavy atom. The molecule has 7 nitrogen and oxygen atoms in total. The number of rotatable bonds is 5. The fourth-order valence-electron chi connectivity index (χ4n) is 2.68. The van der Waals surface area contributed by atoms with Crippen molar-refractivity contribution in [3.8, 4) is 0 Å². The summed E-state index contributed by atoms with van der Waals surface area (Å²) in [5, 5.41) is 7.57. The lowest BCUT2D eigenvalue weighted by molar-refractivity contribution is 0.597. The lowest BCUT2D eigenvalue weighted by Gasteiger charge is -2.07. The van der Waals surface area contributed by atoms with Crippen molar-refractivity contribution in [2.75, 3.05) is 18.9 Å². The third-order valence-electron chi connectivity index (χ3n) is 3.76. The SMILES string of the molecule is CNc1nn2c(CCN)cc(C)nc2c1S(=O)(=O)c1cccc(Cl)c1.Cl. The maximum absolute atomic E-state index is 13.2. The Kier molecular flexibility index (Phi) is 6.13. The van der Waals surface area contributed by atoms with E-state index in [9.17, 15) is 8.42 Å². The highest BCUT2D eigenvalue weighted by Gasteiger charge is 2.29. The molecule has 10 heteroatoms. The summed E-state index contributed by atoms with van der Waals surface area (Å²) in [5.74, 6) is 0.233. The number of halogens is 2. The highest BCUT2D eigenvalue weighted by atomic mass is 35.5. The van der Waals surface area contributed by atoms with Gasteiger partial charge in [-0.05, 0) is 37.7 Å².